The third-order valence-corrected chi connectivity index (χ3v) is 3.29. The van der Waals surface area contributed by atoms with Crippen LogP contribution in [0.4, 0.5) is 5.69 Å². The Hall–Kier alpha value is -1.42. The van der Waals surface area contributed by atoms with E-state index in [1.165, 1.54) is 0 Å². The summed E-state index contributed by atoms with van der Waals surface area (Å²) in [5, 5.41) is 8.89. The summed E-state index contributed by atoms with van der Waals surface area (Å²) < 4.78 is 5.48. The Morgan fingerprint density at radius 1 is 1.38 bits per heavy atom. The molecule has 0 aromatic carbocycles. The van der Waals surface area contributed by atoms with E-state index in [-0.39, 0.29) is 47.9 Å². The summed E-state index contributed by atoms with van der Waals surface area (Å²) in [4.78, 5) is 19.9. The zero-order chi connectivity index (χ0) is 17.3. The first-order valence-corrected chi connectivity index (χ1v) is 7.54. The van der Waals surface area contributed by atoms with Crippen molar-refractivity contribution in [2.45, 2.75) is 26.9 Å². The fourth-order valence-corrected chi connectivity index (χ4v) is 1.96. The largest absolute Gasteiger partial charge is 0.379 e. The second-order valence-electron chi connectivity index (χ2n) is 6.19. The number of anilines is 1. The van der Waals surface area contributed by atoms with Gasteiger partial charge >= 0.3 is 0 Å². The third-order valence-electron chi connectivity index (χ3n) is 3.29. The molecule has 1 aromatic rings. The molecule has 0 aliphatic heterocycles. The van der Waals surface area contributed by atoms with Crippen LogP contribution in [0.15, 0.2) is 29.5 Å². The first-order valence-electron chi connectivity index (χ1n) is 7.54. The molecule has 8 heteroatoms. The number of hydrogen-bond donors (Lipinski definition) is 3. The van der Waals surface area contributed by atoms with E-state index < -0.39 is 0 Å². The van der Waals surface area contributed by atoms with Crippen molar-refractivity contribution in [3.63, 3.8) is 0 Å². The summed E-state index contributed by atoms with van der Waals surface area (Å²) in [7, 11) is 3.35. The van der Waals surface area contributed by atoms with Crippen molar-refractivity contribution in [2.75, 3.05) is 32.6 Å². The lowest BCUT2D eigenvalue weighted by atomic mass is 9.89. The van der Waals surface area contributed by atoms with E-state index in [1.807, 2.05) is 0 Å². The van der Waals surface area contributed by atoms with Crippen molar-refractivity contribution in [2.24, 2.45) is 10.4 Å². The molecule has 3 N–H and O–H groups in total. The highest BCUT2D eigenvalue weighted by Gasteiger charge is 2.24. The molecule has 0 radical (unpaired) electrons. The van der Waals surface area contributed by atoms with Crippen molar-refractivity contribution < 1.29 is 9.53 Å². The number of methoxy groups -OCH3 is 1. The molecule has 0 saturated carbocycles. The monoisotopic (exact) mass is 449 g/mol. The van der Waals surface area contributed by atoms with Crippen molar-refractivity contribution >= 4 is 41.5 Å². The standard InChI is InChI=1S/C16H27N5O2.HI/c1-16(2,3)13(23-5)10-19-15(17-4)20-11-14(22)21-12-7-6-8-18-9-12;/h6-9,13H,10-11H2,1-5H3,(H,21,22)(H2,17,19,20);1H. The number of guanidine groups is 1. The number of nitrogens with one attached hydrogen (secondary N) is 3. The van der Waals surface area contributed by atoms with Gasteiger partial charge in [0.15, 0.2) is 5.96 Å². The smallest absolute Gasteiger partial charge is 0.243 e. The minimum absolute atomic E-state index is 0. The van der Waals surface area contributed by atoms with Gasteiger partial charge in [-0.1, -0.05) is 20.8 Å². The van der Waals surface area contributed by atoms with Gasteiger partial charge in [-0.2, -0.15) is 0 Å². The highest BCUT2D eigenvalue weighted by molar-refractivity contribution is 14.0. The van der Waals surface area contributed by atoms with Crippen molar-refractivity contribution in [3.8, 4) is 0 Å². The summed E-state index contributed by atoms with van der Waals surface area (Å²) >= 11 is 0. The Bertz CT molecular complexity index is 517. The fraction of sp³-hybridized carbons (Fsp3) is 0.562. The number of carbonyl (C=O) groups is 1. The minimum atomic E-state index is -0.167. The number of halogens is 1. The fourth-order valence-electron chi connectivity index (χ4n) is 1.96. The molecule has 1 atom stereocenters. The first kappa shape index (κ1) is 22.6. The topological polar surface area (TPSA) is 87.6 Å². The maximum atomic E-state index is 11.9. The van der Waals surface area contributed by atoms with Crippen molar-refractivity contribution in [1.82, 2.24) is 15.6 Å². The number of hydrogen-bond acceptors (Lipinski definition) is 4. The Morgan fingerprint density at radius 3 is 2.58 bits per heavy atom. The summed E-state index contributed by atoms with van der Waals surface area (Å²) in [5.74, 6) is 0.387. The van der Waals surface area contributed by atoms with Gasteiger partial charge in [0.1, 0.15) is 0 Å². The van der Waals surface area contributed by atoms with Crippen molar-refractivity contribution in [3.05, 3.63) is 24.5 Å². The molecule has 0 bridgehead atoms. The lowest BCUT2D eigenvalue weighted by Crippen LogP contribution is -2.46. The summed E-state index contributed by atoms with van der Waals surface area (Å²) in [6.07, 6.45) is 3.28. The molecule has 1 rings (SSSR count). The summed E-state index contributed by atoms with van der Waals surface area (Å²) in [6.45, 7) is 7.05. The molecular weight excluding hydrogens is 421 g/mol. The number of ether oxygens (including phenoxy) is 1. The number of carbonyl (C=O) groups excluding carboxylic acids is 1. The summed E-state index contributed by atoms with van der Waals surface area (Å²) in [6, 6.07) is 3.55. The van der Waals surface area contributed by atoms with Gasteiger partial charge in [-0.15, -0.1) is 24.0 Å². The molecule has 0 aliphatic carbocycles. The van der Waals surface area contributed by atoms with Gasteiger partial charge in [-0.3, -0.25) is 14.8 Å². The molecule has 1 amide bonds. The number of rotatable bonds is 6. The van der Waals surface area contributed by atoms with Crippen LogP contribution in [0.25, 0.3) is 0 Å². The van der Waals surface area contributed by atoms with E-state index in [4.69, 9.17) is 4.74 Å². The lowest BCUT2D eigenvalue weighted by molar-refractivity contribution is -0.115. The molecule has 1 heterocycles. The Morgan fingerprint density at radius 2 is 2.08 bits per heavy atom. The minimum Gasteiger partial charge on any atom is -0.379 e. The highest BCUT2D eigenvalue weighted by Crippen LogP contribution is 2.20. The molecular formula is C16H28IN5O2. The normalized spacial score (nSPS) is 12.8. The molecule has 1 unspecified atom stereocenters. The predicted molar refractivity (Wildman–Crippen MR) is 108 cm³/mol. The van der Waals surface area contributed by atoms with Gasteiger partial charge in [-0.25, -0.2) is 0 Å². The zero-order valence-electron chi connectivity index (χ0n) is 14.9. The van der Waals surface area contributed by atoms with Crippen LogP contribution in [0, 0.1) is 5.41 Å². The van der Waals surface area contributed by atoms with E-state index in [0.717, 1.165) is 0 Å². The maximum absolute atomic E-state index is 11.9. The van der Waals surface area contributed by atoms with Crippen LogP contribution in [-0.4, -0.2) is 50.2 Å². The summed E-state index contributed by atoms with van der Waals surface area (Å²) in [5.41, 5.74) is 0.674. The second kappa shape index (κ2) is 11.2. The van der Waals surface area contributed by atoms with Crippen LogP contribution in [0.3, 0.4) is 0 Å². The molecule has 0 fully saturated rings. The van der Waals surface area contributed by atoms with Crippen LogP contribution < -0.4 is 16.0 Å². The molecule has 24 heavy (non-hydrogen) atoms. The highest BCUT2D eigenvalue weighted by atomic mass is 127. The number of aliphatic imine (C=N–C) groups is 1. The van der Waals surface area contributed by atoms with Crippen LogP contribution in [0.1, 0.15) is 20.8 Å². The van der Waals surface area contributed by atoms with E-state index in [1.54, 1.807) is 38.7 Å². The predicted octanol–water partition coefficient (Wildman–Crippen LogP) is 1.86. The van der Waals surface area contributed by atoms with Gasteiger partial charge in [0.25, 0.3) is 0 Å². The van der Waals surface area contributed by atoms with Gasteiger partial charge < -0.3 is 20.7 Å². The average molecular weight is 449 g/mol. The first-order chi connectivity index (χ1) is 10.9. The molecule has 0 saturated heterocycles. The molecule has 0 spiro atoms. The van der Waals surface area contributed by atoms with E-state index in [0.29, 0.717) is 18.2 Å². The zero-order valence-corrected chi connectivity index (χ0v) is 17.3. The molecule has 136 valence electrons. The van der Waals surface area contributed by atoms with Crippen LogP contribution >= 0.6 is 24.0 Å². The van der Waals surface area contributed by atoms with E-state index >= 15 is 0 Å². The van der Waals surface area contributed by atoms with Crippen molar-refractivity contribution in [1.29, 1.82) is 0 Å². The molecule has 0 aliphatic rings. The SMILES string of the molecule is CN=C(NCC(=O)Nc1cccnc1)NCC(OC)C(C)(C)C.I. The Kier molecular flexibility index (Phi) is 10.5. The van der Waals surface area contributed by atoms with Crippen LogP contribution in [0.5, 0.6) is 0 Å². The van der Waals surface area contributed by atoms with Gasteiger partial charge in [-0.05, 0) is 17.5 Å². The lowest BCUT2D eigenvalue weighted by Gasteiger charge is -2.30. The van der Waals surface area contributed by atoms with Crippen LogP contribution in [0.2, 0.25) is 0 Å². The van der Waals surface area contributed by atoms with Crippen LogP contribution in [-0.2, 0) is 9.53 Å². The Balaban J connectivity index is 0.00000529. The quantitative estimate of drug-likeness (QED) is 0.351. The third kappa shape index (κ3) is 8.44. The Labute approximate surface area is 161 Å². The van der Waals surface area contributed by atoms with Gasteiger partial charge in [0.05, 0.1) is 24.5 Å². The van der Waals surface area contributed by atoms with Gasteiger partial charge in [0.2, 0.25) is 5.91 Å². The van der Waals surface area contributed by atoms with E-state index in [2.05, 4.69) is 46.7 Å². The number of pyridine rings is 1. The van der Waals surface area contributed by atoms with E-state index in [9.17, 15) is 4.79 Å². The maximum Gasteiger partial charge on any atom is 0.243 e. The van der Waals surface area contributed by atoms with Gasteiger partial charge in [0, 0.05) is 26.9 Å². The number of nitrogens with zero attached hydrogens (tertiary/aromatic N) is 2. The second-order valence-corrected chi connectivity index (χ2v) is 6.19. The molecule has 7 nitrogen and oxygen atoms in total. The molecule has 1 aromatic heterocycles. The number of amides is 1. The average Bonchev–Trinajstić information content (AvgIpc) is 2.50. The number of aromatic nitrogens is 1.